The highest BCUT2D eigenvalue weighted by Gasteiger charge is 2.22. The van der Waals surface area contributed by atoms with Gasteiger partial charge in [0.25, 0.3) is 11.6 Å². The smallest absolute Gasteiger partial charge is 0.282 e. The zero-order valence-corrected chi connectivity index (χ0v) is 13.7. The van der Waals surface area contributed by atoms with Gasteiger partial charge in [-0.05, 0) is 30.7 Å². The van der Waals surface area contributed by atoms with Crippen molar-refractivity contribution in [3.05, 3.63) is 62.2 Å². The molecule has 25 heavy (non-hydrogen) atoms. The SMILES string of the molecule is Cc1ccc(C(=O)NN=Cc2cc3c(cc2[N+](=O)[O-])OCO3)cc1Cl. The molecule has 0 radical (unpaired) electrons. The van der Waals surface area contributed by atoms with Crippen LogP contribution < -0.4 is 14.9 Å². The van der Waals surface area contributed by atoms with E-state index in [-0.39, 0.29) is 18.0 Å². The number of ether oxygens (including phenoxy) is 2. The molecule has 0 fully saturated rings. The zero-order valence-electron chi connectivity index (χ0n) is 13.0. The maximum absolute atomic E-state index is 12.0. The number of nitro benzene ring substituents is 1. The second kappa shape index (κ2) is 6.78. The van der Waals surface area contributed by atoms with Gasteiger partial charge in [-0.3, -0.25) is 14.9 Å². The number of nitrogens with zero attached hydrogens (tertiary/aromatic N) is 2. The van der Waals surface area contributed by atoms with E-state index in [9.17, 15) is 14.9 Å². The molecular formula is C16H12ClN3O5. The molecule has 1 N–H and O–H groups in total. The Hall–Kier alpha value is -3.13. The van der Waals surface area contributed by atoms with Gasteiger partial charge in [-0.1, -0.05) is 17.7 Å². The van der Waals surface area contributed by atoms with E-state index in [0.29, 0.717) is 22.1 Å². The van der Waals surface area contributed by atoms with Crippen molar-refractivity contribution in [1.29, 1.82) is 0 Å². The lowest BCUT2D eigenvalue weighted by molar-refractivity contribution is -0.385. The first kappa shape index (κ1) is 16.7. The maximum Gasteiger partial charge on any atom is 0.282 e. The molecule has 3 rings (SSSR count). The largest absolute Gasteiger partial charge is 0.454 e. The molecule has 0 atom stereocenters. The molecule has 1 aliphatic rings. The van der Waals surface area contributed by atoms with Crippen molar-refractivity contribution < 1.29 is 19.2 Å². The zero-order chi connectivity index (χ0) is 18.0. The van der Waals surface area contributed by atoms with Gasteiger partial charge in [0.15, 0.2) is 11.5 Å². The predicted molar refractivity (Wildman–Crippen MR) is 90.5 cm³/mol. The van der Waals surface area contributed by atoms with E-state index in [1.54, 1.807) is 12.1 Å². The molecule has 0 spiro atoms. The van der Waals surface area contributed by atoms with Crippen LogP contribution in [-0.2, 0) is 0 Å². The number of hydrogen-bond donors (Lipinski definition) is 1. The Balaban J connectivity index is 1.79. The van der Waals surface area contributed by atoms with Crippen LogP contribution in [-0.4, -0.2) is 23.8 Å². The second-order valence-corrected chi connectivity index (χ2v) is 5.59. The van der Waals surface area contributed by atoms with Crippen molar-refractivity contribution in [3.63, 3.8) is 0 Å². The molecule has 2 aromatic rings. The number of nitro groups is 1. The molecule has 0 saturated heterocycles. The summed E-state index contributed by atoms with van der Waals surface area (Å²) in [4.78, 5) is 22.6. The van der Waals surface area contributed by atoms with Crippen LogP contribution in [0.4, 0.5) is 5.69 Å². The molecular weight excluding hydrogens is 350 g/mol. The summed E-state index contributed by atoms with van der Waals surface area (Å²) < 4.78 is 10.3. The predicted octanol–water partition coefficient (Wildman–Crippen LogP) is 3.05. The normalized spacial score (nSPS) is 12.4. The van der Waals surface area contributed by atoms with Crippen LogP contribution >= 0.6 is 11.6 Å². The molecule has 128 valence electrons. The van der Waals surface area contributed by atoms with Gasteiger partial charge in [-0.25, -0.2) is 5.43 Å². The summed E-state index contributed by atoms with van der Waals surface area (Å²) in [6, 6.07) is 7.52. The minimum atomic E-state index is -0.565. The number of nitrogens with one attached hydrogen (secondary N) is 1. The molecule has 0 aliphatic carbocycles. The van der Waals surface area contributed by atoms with E-state index < -0.39 is 10.8 Å². The molecule has 0 unspecified atom stereocenters. The Bertz CT molecular complexity index is 898. The molecule has 2 aromatic carbocycles. The van der Waals surface area contributed by atoms with E-state index >= 15 is 0 Å². The van der Waals surface area contributed by atoms with Gasteiger partial charge in [0.2, 0.25) is 6.79 Å². The number of fused-ring (bicyclic) bond motifs is 1. The second-order valence-electron chi connectivity index (χ2n) is 5.18. The van der Waals surface area contributed by atoms with Crippen molar-refractivity contribution in [2.45, 2.75) is 6.92 Å². The van der Waals surface area contributed by atoms with E-state index in [0.717, 1.165) is 5.56 Å². The van der Waals surface area contributed by atoms with Crippen LogP contribution in [0.1, 0.15) is 21.5 Å². The minimum Gasteiger partial charge on any atom is -0.454 e. The van der Waals surface area contributed by atoms with E-state index in [1.165, 1.54) is 24.4 Å². The van der Waals surface area contributed by atoms with Crippen molar-refractivity contribution in [2.75, 3.05) is 6.79 Å². The number of carbonyl (C=O) groups excluding carboxylic acids is 1. The lowest BCUT2D eigenvalue weighted by atomic mass is 10.1. The molecule has 0 saturated carbocycles. The Morgan fingerprint density at radius 1 is 1.32 bits per heavy atom. The number of benzene rings is 2. The van der Waals surface area contributed by atoms with Crippen LogP contribution in [0.15, 0.2) is 35.4 Å². The van der Waals surface area contributed by atoms with Crippen LogP contribution in [0.2, 0.25) is 5.02 Å². The van der Waals surface area contributed by atoms with Crippen molar-refractivity contribution in [1.82, 2.24) is 5.43 Å². The average Bonchev–Trinajstić information content (AvgIpc) is 3.03. The monoisotopic (exact) mass is 361 g/mol. The fraction of sp³-hybridized carbons (Fsp3) is 0.125. The van der Waals surface area contributed by atoms with Crippen molar-refractivity contribution >= 4 is 29.4 Å². The van der Waals surface area contributed by atoms with Gasteiger partial charge in [-0.15, -0.1) is 0 Å². The third kappa shape index (κ3) is 3.53. The molecule has 1 amide bonds. The Labute approximate surface area is 147 Å². The number of aryl methyl sites for hydroxylation is 1. The molecule has 1 heterocycles. The van der Waals surface area contributed by atoms with Crippen LogP contribution in [0.5, 0.6) is 11.5 Å². The van der Waals surface area contributed by atoms with E-state index in [1.807, 2.05) is 6.92 Å². The summed E-state index contributed by atoms with van der Waals surface area (Å²) in [5, 5.41) is 15.4. The molecule has 0 aromatic heterocycles. The summed E-state index contributed by atoms with van der Waals surface area (Å²) in [5.74, 6) is 0.187. The average molecular weight is 362 g/mol. The highest BCUT2D eigenvalue weighted by Crippen LogP contribution is 2.37. The van der Waals surface area contributed by atoms with Crippen LogP contribution in [0, 0.1) is 17.0 Å². The molecule has 1 aliphatic heterocycles. The number of halogens is 1. The summed E-state index contributed by atoms with van der Waals surface area (Å²) in [7, 11) is 0. The number of carbonyl (C=O) groups is 1. The highest BCUT2D eigenvalue weighted by atomic mass is 35.5. The summed E-state index contributed by atoms with van der Waals surface area (Å²) >= 11 is 5.98. The lowest BCUT2D eigenvalue weighted by Gasteiger charge is -2.03. The lowest BCUT2D eigenvalue weighted by Crippen LogP contribution is -2.17. The van der Waals surface area contributed by atoms with Gasteiger partial charge in [-0.2, -0.15) is 5.10 Å². The summed E-state index contributed by atoms with van der Waals surface area (Å²) in [5.41, 5.74) is 3.45. The fourth-order valence-electron chi connectivity index (χ4n) is 2.17. The Kier molecular flexibility index (Phi) is 4.53. The summed E-state index contributed by atoms with van der Waals surface area (Å²) in [6.45, 7) is 1.82. The maximum atomic E-state index is 12.0. The molecule has 8 nitrogen and oxygen atoms in total. The third-order valence-corrected chi connectivity index (χ3v) is 3.93. The Morgan fingerprint density at radius 2 is 2.04 bits per heavy atom. The van der Waals surface area contributed by atoms with Gasteiger partial charge >= 0.3 is 0 Å². The molecule has 0 bridgehead atoms. The first-order valence-corrected chi connectivity index (χ1v) is 7.51. The van der Waals surface area contributed by atoms with E-state index in [2.05, 4.69) is 10.5 Å². The number of amides is 1. The number of rotatable bonds is 4. The number of hydrogen-bond acceptors (Lipinski definition) is 6. The quantitative estimate of drug-likeness (QED) is 0.512. The standard InChI is InChI=1S/C16H12ClN3O5/c1-9-2-3-10(4-12(9)17)16(21)19-18-7-11-5-14-15(25-8-24-14)6-13(11)20(22)23/h2-7H,8H2,1H3,(H,19,21). The highest BCUT2D eigenvalue weighted by molar-refractivity contribution is 6.31. The van der Waals surface area contributed by atoms with Crippen molar-refractivity contribution in [3.8, 4) is 11.5 Å². The Morgan fingerprint density at radius 3 is 2.72 bits per heavy atom. The van der Waals surface area contributed by atoms with Gasteiger partial charge < -0.3 is 9.47 Å². The van der Waals surface area contributed by atoms with Crippen molar-refractivity contribution in [2.24, 2.45) is 5.10 Å². The van der Waals surface area contributed by atoms with Gasteiger partial charge in [0.1, 0.15) is 0 Å². The number of hydrazone groups is 1. The van der Waals surface area contributed by atoms with E-state index in [4.69, 9.17) is 21.1 Å². The first-order chi connectivity index (χ1) is 12.0. The molecule has 9 heteroatoms. The minimum absolute atomic E-state index is 0.00198. The summed E-state index contributed by atoms with van der Waals surface area (Å²) in [6.07, 6.45) is 1.17. The fourth-order valence-corrected chi connectivity index (χ4v) is 2.35. The van der Waals surface area contributed by atoms with Crippen LogP contribution in [0.25, 0.3) is 0 Å². The van der Waals surface area contributed by atoms with Crippen LogP contribution in [0.3, 0.4) is 0 Å². The topological polar surface area (TPSA) is 103 Å². The van der Waals surface area contributed by atoms with Gasteiger partial charge in [0.05, 0.1) is 22.8 Å². The first-order valence-electron chi connectivity index (χ1n) is 7.13. The third-order valence-electron chi connectivity index (χ3n) is 3.52. The van der Waals surface area contributed by atoms with Gasteiger partial charge in [0, 0.05) is 10.6 Å².